The normalized spacial score (nSPS) is 19.0. The summed E-state index contributed by atoms with van der Waals surface area (Å²) < 4.78 is 0. The fraction of sp³-hybridized carbons (Fsp3) is 0.163. The van der Waals surface area contributed by atoms with Gasteiger partial charge in [0.15, 0.2) is 10.8 Å². The minimum Gasteiger partial charge on any atom is -0.477 e. The third-order valence-corrected chi connectivity index (χ3v) is 12.0. The van der Waals surface area contributed by atoms with Gasteiger partial charge < -0.3 is 25.9 Å². The molecule has 0 radical (unpaired) electrons. The number of allylic oxidation sites excluding steroid dienone is 1. The SMILES string of the molecule is Nc1nc(C(=NOC(c2ccccc2)(c2ccccc2)c2ccccc2)C(=O)N[C@@H]2C(=O)N3C(C(=O)O)=C(C=C4CCN(Cc5ccccc5)C4=O)CS[C@H]23)cs1. The Morgan fingerprint density at radius 1 is 0.912 bits per heavy atom. The van der Waals surface area contributed by atoms with Crippen LogP contribution in [0.5, 0.6) is 0 Å². The number of carbonyl (C=O) groups excluding carboxylic acids is 3. The van der Waals surface area contributed by atoms with E-state index < -0.39 is 34.8 Å². The number of oxime groups is 1. The van der Waals surface area contributed by atoms with Gasteiger partial charge in [-0.25, -0.2) is 9.78 Å². The molecule has 3 aliphatic rings. The lowest BCUT2D eigenvalue weighted by Gasteiger charge is -2.49. The Kier molecular flexibility index (Phi) is 10.5. The summed E-state index contributed by atoms with van der Waals surface area (Å²) in [5.41, 5.74) is 8.48. The third-order valence-electron chi connectivity index (χ3n) is 10.1. The van der Waals surface area contributed by atoms with Crippen LogP contribution in [-0.4, -0.2) is 73.0 Å². The number of nitrogens with one attached hydrogen (secondary N) is 1. The largest absolute Gasteiger partial charge is 0.477 e. The number of amides is 3. The van der Waals surface area contributed by atoms with Gasteiger partial charge in [0.2, 0.25) is 11.5 Å². The van der Waals surface area contributed by atoms with Crippen LogP contribution >= 0.6 is 23.1 Å². The smallest absolute Gasteiger partial charge is 0.352 e. The van der Waals surface area contributed by atoms with E-state index in [4.69, 9.17) is 10.6 Å². The average Bonchev–Trinajstić information content (AvgIpc) is 3.83. The highest BCUT2D eigenvalue weighted by molar-refractivity contribution is 8.00. The molecule has 2 atom stereocenters. The van der Waals surface area contributed by atoms with Crippen molar-refractivity contribution in [1.29, 1.82) is 0 Å². The molecule has 5 aromatic rings. The lowest BCUT2D eigenvalue weighted by molar-refractivity contribution is -0.150. The van der Waals surface area contributed by atoms with Crippen molar-refractivity contribution < 1.29 is 29.1 Å². The number of β-lactam (4-membered cyclic amide) rings is 1. The first-order valence-corrected chi connectivity index (χ1v) is 20.1. The Hall–Kier alpha value is -6.51. The van der Waals surface area contributed by atoms with E-state index >= 15 is 0 Å². The highest BCUT2D eigenvalue weighted by Gasteiger charge is 2.54. The highest BCUT2D eigenvalue weighted by Crippen LogP contribution is 2.43. The molecule has 3 amide bonds. The number of nitrogen functional groups attached to an aromatic ring is 1. The van der Waals surface area contributed by atoms with Gasteiger partial charge in [0.1, 0.15) is 22.8 Å². The molecule has 0 unspecified atom stereocenters. The van der Waals surface area contributed by atoms with E-state index in [0.717, 1.165) is 33.6 Å². The number of thioether (sulfide) groups is 1. The van der Waals surface area contributed by atoms with Crippen molar-refractivity contribution in [3.8, 4) is 0 Å². The van der Waals surface area contributed by atoms with E-state index in [-0.39, 0.29) is 33.9 Å². The molecule has 4 heterocycles. The topological polar surface area (TPSA) is 168 Å². The number of hydrogen-bond donors (Lipinski definition) is 3. The fourth-order valence-corrected chi connectivity index (χ4v) is 9.17. The van der Waals surface area contributed by atoms with Gasteiger partial charge in [-0.2, -0.15) is 0 Å². The minimum atomic E-state index is -1.31. The second-order valence-electron chi connectivity index (χ2n) is 13.6. The summed E-state index contributed by atoms with van der Waals surface area (Å²) in [4.78, 5) is 67.9. The molecule has 2 fully saturated rings. The lowest BCUT2D eigenvalue weighted by Crippen LogP contribution is -2.71. The van der Waals surface area contributed by atoms with Crippen LogP contribution in [0.25, 0.3) is 0 Å². The van der Waals surface area contributed by atoms with Crippen molar-refractivity contribution in [1.82, 2.24) is 20.1 Å². The Morgan fingerprint density at radius 3 is 2.04 bits per heavy atom. The van der Waals surface area contributed by atoms with E-state index in [2.05, 4.69) is 15.5 Å². The molecule has 2 saturated heterocycles. The molecule has 0 spiro atoms. The van der Waals surface area contributed by atoms with Crippen LogP contribution in [0.2, 0.25) is 0 Å². The van der Waals surface area contributed by atoms with Crippen LogP contribution in [0.1, 0.15) is 34.4 Å². The lowest BCUT2D eigenvalue weighted by atomic mass is 9.80. The number of nitrogens with two attached hydrogens (primary N) is 1. The van der Waals surface area contributed by atoms with Gasteiger partial charge in [-0.15, -0.1) is 23.1 Å². The van der Waals surface area contributed by atoms with Crippen LogP contribution < -0.4 is 11.1 Å². The number of nitrogens with zero attached hydrogens (tertiary/aromatic N) is 4. The number of aliphatic carboxylic acids is 1. The summed E-state index contributed by atoms with van der Waals surface area (Å²) in [5, 5.41) is 18.7. The van der Waals surface area contributed by atoms with Gasteiger partial charge in [-0.1, -0.05) is 126 Å². The molecule has 3 aliphatic heterocycles. The number of anilines is 1. The minimum absolute atomic E-state index is 0.139. The summed E-state index contributed by atoms with van der Waals surface area (Å²) >= 11 is 2.41. The monoisotopic (exact) mass is 796 g/mol. The number of carboxylic acid groups (broad SMARTS) is 1. The van der Waals surface area contributed by atoms with Gasteiger partial charge in [-0.05, 0) is 23.6 Å². The van der Waals surface area contributed by atoms with Crippen molar-refractivity contribution in [3.05, 3.63) is 178 Å². The third kappa shape index (κ3) is 7.20. The maximum absolute atomic E-state index is 14.3. The Labute approximate surface area is 336 Å². The summed E-state index contributed by atoms with van der Waals surface area (Å²) in [7, 11) is 0. The van der Waals surface area contributed by atoms with Crippen LogP contribution in [0.15, 0.2) is 155 Å². The molecule has 8 rings (SSSR count). The molecule has 4 aromatic carbocycles. The van der Waals surface area contributed by atoms with E-state index in [1.807, 2.05) is 121 Å². The van der Waals surface area contributed by atoms with Crippen molar-refractivity contribution in [2.45, 2.75) is 30.0 Å². The Morgan fingerprint density at radius 2 is 1.49 bits per heavy atom. The number of aromatic nitrogens is 1. The molecular formula is C43H36N6O6S2. The van der Waals surface area contributed by atoms with Crippen LogP contribution in [0.3, 0.4) is 0 Å². The fourth-order valence-electron chi connectivity index (χ4n) is 7.32. The second kappa shape index (κ2) is 15.9. The maximum atomic E-state index is 14.3. The molecule has 0 saturated carbocycles. The zero-order valence-corrected chi connectivity index (χ0v) is 32.0. The van der Waals surface area contributed by atoms with E-state index in [9.17, 15) is 24.3 Å². The van der Waals surface area contributed by atoms with Crippen LogP contribution in [-0.2, 0) is 36.2 Å². The summed E-state index contributed by atoms with van der Waals surface area (Å²) in [6, 6.07) is 37.1. The van der Waals surface area contributed by atoms with Crippen molar-refractivity contribution >= 4 is 57.6 Å². The summed E-state index contributed by atoms with van der Waals surface area (Å²) in [6.07, 6.45) is 2.06. The highest BCUT2D eigenvalue weighted by atomic mass is 32.2. The maximum Gasteiger partial charge on any atom is 0.352 e. The summed E-state index contributed by atoms with van der Waals surface area (Å²) in [6.45, 7) is 0.948. The zero-order chi connectivity index (χ0) is 39.5. The van der Waals surface area contributed by atoms with E-state index in [1.165, 1.54) is 16.7 Å². The van der Waals surface area contributed by atoms with Crippen molar-refractivity contribution in [2.24, 2.45) is 5.16 Å². The van der Waals surface area contributed by atoms with Crippen LogP contribution in [0.4, 0.5) is 5.13 Å². The van der Waals surface area contributed by atoms with Crippen molar-refractivity contribution in [3.63, 3.8) is 0 Å². The number of fused-ring (bicyclic) bond motifs is 1. The first-order valence-electron chi connectivity index (χ1n) is 18.1. The Balaban J connectivity index is 1.08. The van der Waals surface area contributed by atoms with Gasteiger partial charge in [0, 0.05) is 46.5 Å². The number of carbonyl (C=O) groups is 4. The molecule has 0 bridgehead atoms. The zero-order valence-electron chi connectivity index (χ0n) is 30.4. The van der Waals surface area contributed by atoms with Gasteiger partial charge >= 0.3 is 5.97 Å². The second-order valence-corrected chi connectivity index (χ2v) is 15.5. The van der Waals surface area contributed by atoms with Gasteiger partial charge in [-0.3, -0.25) is 19.3 Å². The van der Waals surface area contributed by atoms with Crippen molar-refractivity contribution in [2.75, 3.05) is 18.0 Å². The predicted octanol–water partition coefficient (Wildman–Crippen LogP) is 5.54. The molecule has 4 N–H and O–H groups in total. The molecule has 12 nitrogen and oxygen atoms in total. The quantitative estimate of drug-likeness (QED) is 0.0483. The van der Waals surface area contributed by atoms with Crippen LogP contribution in [0, 0.1) is 0 Å². The standard InChI is InChI=1S/C43H36N6O6S2/c44-42-45-33(26-57-42)34(47-55-43(30-15-7-2-8-16-30,31-17-9-3-10-18-31)32-19-11-4-12-20-32)37(50)46-35-39(52)49-36(41(53)54)29(25-56-40(35)49)23-28-21-22-48(38(28)51)24-27-13-5-1-6-14-27/h1-20,23,26,35,40H,21-22,24-25H2,(H2,44,45)(H,46,50)(H,53,54)/t35-,40-/m1/s1. The number of rotatable bonds is 12. The predicted molar refractivity (Wildman–Crippen MR) is 218 cm³/mol. The number of thiazole rings is 1. The number of likely N-dealkylation sites (tertiary alicyclic amines) is 1. The number of carboxylic acids is 1. The van der Waals surface area contributed by atoms with Gasteiger partial charge in [0.25, 0.3) is 11.8 Å². The average molecular weight is 797 g/mol. The molecule has 14 heteroatoms. The molecule has 57 heavy (non-hydrogen) atoms. The molecule has 1 aromatic heterocycles. The number of benzene rings is 4. The molecule has 0 aliphatic carbocycles. The Bertz CT molecular complexity index is 2320. The number of hydrogen-bond acceptors (Lipinski definition) is 10. The summed E-state index contributed by atoms with van der Waals surface area (Å²) in [5.74, 6) is -2.63. The molecule has 286 valence electrons. The van der Waals surface area contributed by atoms with E-state index in [0.29, 0.717) is 30.7 Å². The van der Waals surface area contributed by atoms with Gasteiger partial charge in [0.05, 0.1) is 0 Å². The van der Waals surface area contributed by atoms with E-state index in [1.54, 1.807) is 16.4 Å². The first-order chi connectivity index (χ1) is 27.7. The molecular weight excluding hydrogens is 761 g/mol. The first kappa shape index (κ1) is 37.4.